The molecule has 0 amide bonds. The Balaban J connectivity index is 1.74. The molecule has 3 N–H and O–H groups in total. The van der Waals surface area contributed by atoms with Gasteiger partial charge in [0.25, 0.3) is 0 Å². The third-order valence-corrected chi connectivity index (χ3v) is 4.39. The number of nitrogens with one attached hydrogen (secondary N) is 1. The number of thiocarbonyl (C=S) groups is 1. The van der Waals surface area contributed by atoms with Gasteiger partial charge in [0.1, 0.15) is 4.99 Å². The molecule has 1 aromatic rings. The minimum Gasteiger partial charge on any atom is -0.389 e. The number of rotatable bonds is 4. The van der Waals surface area contributed by atoms with Crippen LogP contribution in [0.15, 0.2) is 18.2 Å². The lowest BCUT2D eigenvalue weighted by Crippen LogP contribution is -2.28. The summed E-state index contributed by atoms with van der Waals surface area (Å²) in [5.74, 6) is 0. The molecule has 102 valence electrons. The lowest BCUT2D eigenvalue weighted by atomic mass is 10.1. The van der Waals surface area contributed by atoms with Gasteiger partial charge in [-0.15, -0.1) is 0 Å². The Hall–Kier alpha value is -1.13. The van der Waals surface area contributed by atoms with Crippen molar-refractivity contribution < 1.29 is 0 Å². The van der Waals surface area contributed by atoms with E-state index in [-0.39, 0.29) is 0 Å². The number of nitrogens with two attached hydrogens (primary N) is 1. The van der Waals surface area contributed by atoms with Crippen molar-refractivity contribution in [3.8, 4) is 0 Å². The standard InChI is InChI=1S/C15H21N3S/c1-10-3-2-4-13(15(16)19)14(10)17-11-7-8-18(9-11)12-5-6-12/h2-4,11-12,17H,5-9H2,1H3,(H2,16,19). The first-order valence-corrected chi connectivity index (χ1v) is 7.46. The zero-order chi connectivity index (χ0) is 13.4. The maximum Gasteiger partial charge on any atom is 0.106 e. The fourth-order valence-electron chi connectivity index (χ4n) is 2.95. The van der Waals surface area contributed by atoms with Crippen LogP contribution in [0.4, 0.5) is 5.69 Å². The predicted octanol–water partition coefficient (Wildman–Crippen LogP) is 2.28. The number of likely N-dealkylation sites (tertiary alicyclic amines) is 1. The van der Waals surface area contributed by atoms with Gasteiger partial charge in [0.15, 0.2) is 0 Å². The van der Waals surface area contributed by atoms with Crippen LogP contribution in [-0.4, -0.2) is 35.1 Å². The first-order chi connectivity index (χ1) is 9.15. The predicted molar refractivity (Wildman–Crippen MR) is 83.7 cm³/mol. The molecule has 3 nitrogen and oxygen atoms in total. The number of para-hydroxylation sites is 1. The summed E-state index contributed by atoms with van der Waals surface area (Å²) < 4.78 is 0. The fraction of sp³-hybridized carbons (Fsp3) is 0.533. The van der Waals surface area contributed by atoms with Crippen molar-refractivity contribution in [2.24, 2.45) is 5.73 Å². The molecular weight excluding hydrogens is 254 g/mol. The molecule has 1 saturated carbocycles. The maximum absolute atomic E-state index is 5.82. The molecule has 1 heterocycles. The minimum atomic E-state index is 0.475. The summed E-state index contributed by atoms with van der Waals surface area (Å²) in [6.07, 6.45) is 3.98. The summed E-state index contributed by atoms with van der Waals surface area (Å²) in [7, 11) is 0. The van der Waals surface area contributed by atoms with Crippen LogP contribution in [0, 0.1) is 6.92 Å². The van der Waals surface area contributed by atoms with Gasteiger partial charge in [-0.3, -0.25) is 4.90 Å². The minimum absolute atomic E-state index is 0.475. The van der Waals surface area contributed by atoms with Crippen LogP contribution in [-0.2, 0) is 0 Å². The lowest BCUT2D eigenvalue weighted by molar-refractivity contribution is 0.326. The summed E-state index contributed by atoms with van der Waals surface area (Å²) in [6, 6.07) is 7.51. The molecule has 1 aliphatic carbocycles. The number of anilines is 1. The summed E-state index contributed by atoms with van der Waals surface area (Å²) in [5.41, 5.74) is 9.14. The van der Waals surface area contributed by atoms with Crippen molar-refractivity contribution in [1.82, 2.24) is 4.90 Å². The molecule has 0 bridgehead atoms. The van der Waals surface area contributed by atoms with E-state index < -0.39 is 0 Å². The second-order valence-corrected chi connectivity index (χ2v) is 6.16. The Kier molecular flexibility index (Phi) is 3.46. The van der Waals surface area contributed by atoms with Crippen molar-refractivity contribution in [3.63, 3.8) is 0 Å². The second kappa shape index (κ2) is 5.10. The molecule has 0 spiro atoms. The molecule has 1 aliphatic heterocycles. The second-order valence-electron chi connectivity index (χ2n) is 5.72. The molecule has 1 saturated heterocycles. The van der Waals surface area contributed by atoms with E-state index >= 15 is 0 Å². The van der Waals surface area contributed by atoms with E-state index in [0.717, 1.165) is 23.8 Å². The Morgan fingerprint density at radius 2 is 2.16 bits per heavy atom. The normalized spacial score (nSPS) is 23.5. The van der Waals surface area contributed by atoms with Gasteiger partial charge in [-0.2, -0.15) is 0 Å². The number of benzene rings is 1. The molecule has 1 aromatic carbocycles. The topological polar surface area (TPSA) is 41.3 Å². The summed E-state index contributed by atoms with van der Waals surface area (Å²) in [6.45, 7) is 4.48. The molecule has 3 rings (SSSR count). The highest BCUT2D eigenvalue weighted by molar-refractivity contribution is 7.80. The molecule has 0 aromatic heterocycles. The van der Waals surface area contributed by atoms with Crippen molar-refractivity contribution in [2.75, 3.05) is 18.4 Å². The van der Waals surface area contributed by atoms with Gasteiger partial charge in [-0.05, 0) is 37.8 Å². The van der Waals surface area contributed by atoms with E-state index in [4.69, 9.17) is 18.0 Å². The quantitative estimate of drug-likeness (QED) is 0.827. The fourth-order valence-corrected chi connectivity index (χ4v) is 3.12. The van der Waals surface area contributed by atoms with Crippen LogP contribution >= 0.6 is 12.2 Å². The van der Waals surface area contributed by atoms with Crippen molar-refractivity contribution in [2.45, 2.75) is 38.3 Å². The van der Waals surface area contributed by atoms with Gasteiger partial charge < -0.3 is 11.1 Å². The molecule has 1 atom stereocenters. The summed E-state index contributed by atoms with van der Waals surface area (Å²) >= 11 is 5.15. The summed E-state index contributed by atoms with van der Waals surface area (Å²) in [4.78, 5) is 3.08. The smallest absolute Gasteiger partial charge is 0.106 e. The number of aryl methyl sites for hydroxylation is 1. The number of hydrogen-bond donors (Lipinski definition) is 2. The average molecular weight is 275 g/mol. The number of nitrogens with zero attached hydrogens (tertiary/aromatic N) is 1. The third kappa shape index (κ3) is 2.74. The number of hydrogen-bond acceptors (Lipinski definition) is 3. The van der Waals surface area contributed by atoms with Crippen molar-refractivity contribution >= 4 is 22.9 Å². The Bertz CT molecular complexity index is 496. The van der Waals surface area contributed by atoms with Crippen LogP contribution in [0.5, 0.6) is 0 Å². The van der Waals surface area contributed by atoms with Crippen molar-refractivity contribution in [1.29, 1.82) is 0 Å². The highest BCUT2D eigenvalue weighted by Gasteiger charge is 2.34. The first-order valence-electron chi connectivity index (χ1n) is 7.05. The highest BCUT2D eigenvalue weighted by Crippen LogP contribution is 2.31. The summed E-state index contributed by atoms with van der Waals surface area (Å²) in [5, 5.41) is 3.66. The van der Waals surface area contributed by atoms with Gasteiger partial charge >= 0.3 is 0 Å². The Morgan fingerprint density at radius 3 is 2.84 bits per heavy atom. The van der Waals surface area contributed by atoms with Gasteiger partial charge in [0, 0.05) is 36.4 Å². The van der Waals surface area contributed by atoms with Crippen LogP contribution in [0.3, 0.4) is 0 Å². The molecule has 4 heteroatoms. The Morgan fingerprint density at radius 1 is 1.37 bits per heavy atom. The van der Waals surface area contributed by atoms with E-state index in [1.807, 2.05) is 12.1 Å². The molecular formula is C15H21N3S. The molecule has 19 heavy (non-hydrogen) atoms. The highest BCUT2D eigenvalue weighted by atomic mass is 32.1. The van der Waals surface area contributed by atoms with Gasteiger partial charge in [0.2, 0.25) is 0 Å². The maximum atomic E-state index is 5.82. The largest absolute Gasteiger partial charge is 0.389 e. The van der Waals surface area contributed by atoms with Crippen LogP contribution in [0.25, 0.3) is 0 Å². The molecule has 2 fully saturated rings. The Labute approximate surface area is 120 Å². The van der Waals surface area contributed by atoms with Crippen molar-refractivity contribution in [3.05, 3.63) is 29.3 Å². The van der Waals surface area contributed by atoms with E-state index in [1.54, 1.807) is 0 Å². The zero-order valence-corrected chi connectivity index (χ0v) is 12.2. The lowest BCUT2D eigenvalue weighted by Gasteiger charge is -2.20. The van der Waals surface area contributed by atoms with Gasteiger partial charge in [-0.25, -0.2) is 0 Å². The molecule has 0 radical (unpaired) electrons. The van der Waals surface area contributed by atoms with E-state index in [0.29, 0.717) is 11.0 Å². The third-order valence-electron chi connectivity index (χ3n) is 4.17. The van der Waals surface area contributed by atoms with Crippen LogP contribution in [0.2, 0.25) is 0 Å². The zero-order valence-electron chi connectivity index (χ0n) is 11.4. The van der Waals surface area contributed by atoms with E-state index in [2.05, 4.69) is 23.2 Å². The van der Waals surface area contributed by atoms with E-state index in [1.165, 1.54) is 31.4 Å². The first kappa shape index (κ1) is 12.9. The van der Waals surface area contributed by atoms with Crippen LogP contribution < -0.4 is 11.1 Å². The van der Waals surface area contributed by atoms with E-state index in [9.17, 15) is 0 Å². The van der Waals surface area contributed by atoms with Crippen LogP contribution in [0.1, 0.15) is 30.4 Å². The monoisotopic (exact) mass is 275 g/mol. The molecule has 2 aliphatic rings. The van der Waals surface area contributed by atoms with Gasteiger partial charge in [0.05, 0.1) is 0 Å². The average Bonchev–Trinajstić information content (AvgIpc) is 3.12. The van der Waals surface area contributed by atoms with Gasteiger partial charge in [-0.1, -0.05) is 24.4 Å². The molecule has 1 unspecified atom stereocenters. The SMILES string of the molecule is Cc1cccc(C(N)=S)c1NC1CCN(C2CC2)C1.